The number of hydrogen-bond acceptors (Lipinski definition) is 7. The van der Waals surface area contributed by atoms with Crippen molar-refractivity contribution in [1.82, 2.24) is 9.55 Å². The second-order valence-electron chi connectivity index (χ2n) is 13.7. The Balaban J connectivity index is 0.000000350. The molecule has 2 N–H and O–H groups in total. The van der Waals surface area contributed by atoms with Crippen LogP contribution in [-0.4, -0.2) is 40.9 Å². The number of benzene rings is 2. The molecule has 0 spiro atoms. The van der Waals surface area contributed by atoms with Gasteiger partial charge in [-0.3, -0.25) is 14.4 Å². The predicted molar refractivity (Wildman–Crippen MR) is 211 cm³/mol. The highest BCUT2D eigenvalue weighted by Crippen LogP contribution is 2.35. The number of carbonyl (C=O) groups is 3. The van der Waals surface area contributed by atoms with Crippen molar-refractivity contribution in [3.63, 3.8) is 0 Å². The van der Waals surface area contributed by atoms with E-state index in [-0.39, 0.29) is 23.1 Å². The number of nitrogens with two attached hydrogens (primary N) is 1. The Bertz CT molecular complexity index is 1780. The second-order valence-corrected chi connectivity index (χ2v) is 14.8. The molecule has 2 unspecified atom stereocenters. The van der Waals surface area contributed by atoms with Crippen LogP contribution in [-0.2, 0) is 9.53 Å². The number of aryl methyl sites for hydroxylation is 3. The summed E-state index contributed by atoms with van der Waals surface area (Å²) in [5, 5.41) is 0. The zero-order valence-electron chi connectivity index (χ0n) is 32.5. The van der Waals surface area contributed by atoms with Crippen LogP contribution in [0.25, 0.3) is 17.3 Å². The van der Waals surface area contributed by atoms with Gasteiger partial charge in [0.05, 0.1) is 35.9 Å². The number of primary amides is 1. The molecule has 0 saturated carbocycles. The Hall–Kier alpha value is -4.50. The van der Waals surface area contributed by atoms with Gasteiger partial charge in [-0.1, -0.05) is 39.8 Å². The summed E-state index contributed by atoms with van der Waals surface area (Å²) in [7, 11) is 1.52. The van der Waals surface area contributed by atoms with Crippen molar-refractivity contribution in [2.45, 2.75) is 89.0 Å². The van der Waals surface area contributed by atoms with Gasteiger partial charge in [-0.25, -0.2) is 4.98 Å². The molecule has 0 saturated heterocycles. The van der Waals surface area contributed by atoms with Gasteiger partial charge < -0.3 is 19.8 Å². The first-order chi connectivity index (χ1) is 24.0. The predicted octanol–water partition coefficient (Wildman–Crippen LogP) is 10.1. The van der Waals surface area contributed by atoms with E-state index in [1.54, 1.807) is 29.7 Å². The second kappa shape index (κ2) is 19.8. The first-order valence-corrected chi connectivity index (χ1v) is 18.4. The minimum atomic E-state index is -0.466. The summed E-state index contributed by atoms with van der Waals surface area (Å²) in [6.45, 7) is 22.6. The van der Waals surface area contributed by atoms with Gasteiger partial charge in [0, 0.05) is 28.9 Å². The lowest BCUT2D eigenvalue weighted by atomic mass is 9.88. The van der Waals surface area contributed by atoms with E-state index in [1.807, 2.05) is 64.7 Å². The molecule has 0 aliphatic rings. The molecule has 8 nitrogen and oxygen atoms in total. The summed E-state index contributed by atoms with van der Waals surface area (Å²) >= 11 is 1.63. The summed E-state index contributed by atoms with van der Waals surface area (Å²) in [6, 6.07) is 13.9. The lowest BCUT2D eigenvalue weighted by Crippen LogP contribution is -2.22. The van der Waals surface area contributed by atoms with E-state index in [0.717, 1.165) is 29.0 Å². The van der Waals surface area contributed by atoms with Crippen LogP contribution in [0.15, 0.2) is 61.2 Å². The van der Waals surface area contributed by atoms with Crippen LogP contribution < -0.4 is 10.5 Å². The zero-order chi connectivity index (χ0) is 38.5. The third kappa shape index (κ3) is 12.3. The number of hydrogen-bond donors (Lipinski definition) is 1. The molecular weight excluding hydrogens is 659 g/mol. The van der Waals surface area contributed by atoms with Gasteiger partial charge in [-0.2, -0.15) is 0 Å². The van der Waals surface area contributed by atoms with Gasteiger partial charge >= 0.3 is 5.97 Å². The zero-order valence-corrected chi connectivity index (χ0v) is 33.4. The van der Waals surface area contributed by atoms with Crippen molar-refractivity contribution in [1.29, 1.82) is 0 Å². The molecule has 0 fully saturated rings. The molecule has 276 valence electrons. The van der Waals surface area contributed by atoms with Gasteiger partial charge in [0.15, 0.2) is 5.78 Å². The molecule has 0 aliphatic carbocycles. The summed E-state index contributed by atoms with van der Waals surface area (Å²) in [4.78, 5) is 40.6. The number of methoxy groups -OCH3 is 1. The fourth-order valence-electron chi connectivity index (χ4n) is 4.93. The van der Waals surface area contributed by atoms with E-state index in [2.05, 4.69) is 69.9 Å². The monoisotopic (exact) mass is 715 g/mol. The van der Waals surface area contributed by atoms with E-state index < -0.39 is 5.91 Å². The number of thiophene rings is 1. The highest BCUT2D eigenvalue weighted by molar-refractivity contribution is 7.15. The minimum absolute atomic E-state index is 0.0758. The highest BCUT2D eigenvalue weighted by atomic mass is 32.1. The average molecular weight is 716 g/mol. The van der Waals surface area contributed by atoms with Gasteiger partial charge in [0.1, 0.15) is 5.75 Å². The van der Waals surface area contributed by atoms with Crippen molar-refractivity contribution in [2.24, 2.45) is 23.0 Å². The fourth-order valence-corrected chi connectivity index (χ4v) is 6.11. The Labute approximate surface area is 309 Å². The summed E-state index contributed by atoms with van der Waals surface area (Å²) < 4.78 is 11.8. The van der Waals surface area contributed by atoms with Crippen LogP contribution in [0, 0.1) is 38.0 Å². The van der Waals surface area contributed by atoms with E-state index in [4.69, 9.17) is 15.2 Å². The molecule has 1 amide bonds. The number of ether oxygens (including phenoxy) is 2. The lowest BCUT2D eigenvalue weighted by Gasteiger charge is -2.18. The number of imidazole rings is 1. The third-order valence-electron chi connectivity index (χ3n) is 8.52. The normalized spacial score (nSPS) is 12.4. The smallest absolute Gasteiger partial charge is 0.311 e. The van der Waals surface area contributed by atoms with E-state index in [0.29, 0.717) is 23.8 Å². The molecule has 2 aromatic heterocycles. The lowest BCUT2D eigenvalue weighted by molar-refractivity contribution is -0.152. The number of amides is 1. The van der Waals surface area contributed by atoms with Gasteiger partial charge in [0.2, 0.25) is 0 Å². The maximum atomic E-state index is 12.7. The number of carbonyl (C=O) groups excluding carboxylic acids is 3. The van der Waals surface area contributed by atoms with Crippen molar-refractivity contribution >= 4 is 40.6 Å². The number of ketones is 1. The molecule has 2 heterocycles. The Morgan fingerprint density at radius 2 is 1.57 bits per heavy atom. The number of allylic oxidation sites excluding steroid dienone is 1. The number of esters is 1. The van der Waals surface area contributed by atoms with Crippen LogP contribution >= 0.6 is 11.3 Å². The van der Waals surface area contributed by atoms with E-state index >= 15 is 0 Å². The first-order valence-electron chi connectivity index (χ1n) is 17.6. The Morgan fingerprint density at radius 3 is 2.06 bits per heavy atom. The molecule has 0 bridgehead atoms. The van der Waals surface area contributed by atoms with Crippen molar-refractivity contribution < 1.29 is 23.9 Å². The van der Waals surface area contributed by atoms with Crippen LogP contribution in [0.3, 0.4) is 0 Å². The molecule has 0 radical (unpaired) electrons. The average Bonchev–Trinajstić information content (AvgIpc) is 3.76. The van der Waals surface area contributed by atoms with Crippen LogP contribution in [0.2, 0.25) is 0 Å². The van der Waals surface area contributed by atoms with Crippen LogP contribution in [0.5, 0.6) is 5.75 Å². The quantitative estimate of drug-likeness (QED) is 0.122. The first kappa shape index (κ1) is 42.7. The maximum absolute atomic E-state index is 12.7. The summed E-state index contributed by atoms with van der Waals surface area (Å²) in [6.07, 6.45) is 9.83. The summed E-state index contributed by atoms with van der Waals surface area (Å²) in [5.74, 6) is 0.695. The minimum Gasteiger partial charge on any atom is -0.496 e. The summed E-state index contributed by atoms with van der Waals surface area (Å²) in [5.41, 5.74) is 12.4. The Morgan fingerprint density at radius 1 is 0.922 bits per heavy atom. The molecule has 2 aromatic carbocycles. The number of Topliss-reactive ketones (excluding diaryl/α,β-unsaturated/α-hetero) is 1. The highest BCUT2D eigenvalue weighted by Gasteiger charge is 2.22. The third-order valence-corrected chi connectivity index (χ3v) is 9.72. The number of rotatable bonds is 11. The maximum Gasteiger partial charge on any atom is 0.311 e. The molecule has 0 aliphatic heterocycles. The van der Waals surface area contributed by atoms with Crippen molar-refractivity contribution in [3.8, 4) is 11.4 Å². The van der Waals surface area contributed by atoms with Gasteiger partial charge in [0.25, 0.3) is 5.91 Å². The largest absolute Gasteiger partial charge is 0.496 e. The van der Waals surface area contributed by atoms with E-state index in [1.165, 1.54) is 34.3 Å². The molecule has 4 aromatic rings. The molecule has 4 rings (SSSR count). The van der Waals surface area contributed by atoms with E-state index in [9.17, 15) is 14.4 Å². The standard InChI is InChI=1S/C26H32N2OS.C9H11NO2.C7H14O2/c1-7-17(3)23(15-24-20(6)14-25(30-24)26(29)18(4)8-2)22-10-9-21(13-19(22)5)28-12-11-27-16-28;1-6-3-4-7(9(10)11)8(5-6)12-2;1-5-9-6(8)7(2,3)4/h9-18H,7-8H2,1-6H3;3-5H,1-2H3,(H2,10,11);5H2,1-4H3/b23-15+;;. The Kier molecular flexibility index (Phi) is 16.5. The molecule has 2 atom stereocenters. The SMILES string of the molecule is CCC(C)C(=O)c1cc(C)c(/C=C(/c2ccc(-n3ccnc3)cc2C)C(C)CC)s1.CCOC(=O)C(C)(C)C.COc1cc(C)ccc1C(N)=O. The van der Waals surface area contributed by atoms with Crippen molar-refractivity contribution in [2.75, 3.05) is 13.7 Å². The molecule has 51 heavy (non-hydrogen) atoms. The number of nitrogens with zero attached hydrogens (tertiary/aromatic N) is 2. The fraction of sp³-hybridized carbons (Fsp3) is 0.429. The van der Waals surface area contributed by atoms with Crippen LogP contribution in [0.1, 0.15) is 115 Å². The van der Waals surface area contributed by atoms with Crippen molar-refractivity contribution in [3.05, 3.63) is 98.8 Å². The van der Waals surface area contributed by atoms with Gasteiger partial charge in [-0.15, -0.1) is 11.3 Å². The molecular formula is C42H57N3O5S. The van der Waals surface area contributed by atoms with Crippen LogP contribution in [0.4, 0.5) is 0 Å². The molecule has 9 heteroatoms. The number of aromatic nitrogens is 2. The topological polar surface area (TPSA) is 114 Å². The van der Waals surface area contributed by atoms with Gasteiger partial charge in [-0.05, 0) is 131 Å².